The molecule has 0 heterocycles. The molecule has 0 amide bonds. The Balaban J connectivity index is 4.60. The van der Waals surface area contributed by atoms with Crippen molar-refractivity contribution in [2.24, 2.45) is 0 Å². The number of quaternary nitrogens is 1. The minimum absolute atomic E-state index is 0.0278. The number of hydrogen-bond donors (Lipinski definition) is 0. The quantitative estimate of drug-likeness (QED) is 0.0719. The Morgan fingerprint density at radius 1 is 0.750 bits per heavy atom. The molecule has 2 atom stereocenters. The maximum absolute atomic E-state index is 12.3. The number of rotatable bonds is 24. The van der Waals surface area contributed by atoms with E-state index in [9.17, 15) is 19.0 Å². The van der Waals surface area contributed by atoms with Crippen LogP contribution in [0, 0.1) is 0 Å². The third kappa shape index (κ3) is 23.4. The monoisotopic (exact) mass is 537 g/mol. The highest BCUT2D eigenvalue weighted by atomic mass is 31.2. The summed E-state index contributed by atoms with van der Waals surface area (Å²) in [7, 11) is 1.16. The van der Waals surface area contributed by atoms with Crippen LogP contribution < -0.4 is 4.89 Å². The number of nitrogens with zero attached hydrogens (tertiary/aromatic N) is 1. The molecule has 0 saturated carbocycles. The van der Waals surface area contributed by atoms with E-state index in [0.29, 0.717) is 17.4 Å². The fourth-order valence-corrected chi connectivity index (χ4v) is 4.09. The maximum atomic E-state index is 12.3. The van der Waals surface area contributed by atoms with E-state index >= 15 is 0 Å². The highest BCUT2D eigenvalue weighted by molar-refractivity contribution is 7.45. The highest BCUT2D eigenvalue weighted by Gasteiger charge is 2.21. The van der Waals surface area contributed by atoms with Gasteiger partial charge in [0.2, 0.25) is 0 Å². The second-order valence-corrected chi connectivity index (χ2v) is 11.8. The van der Waals surface area contributed by atoms with Crippen molar-refractivity contribution in [3.05, 3.63) is 0 Å². The van der Waals surface area contributed by atoms with Gasteiger partial charge in [0.05, 0.1) is 27.7 Å². The lowest BCUT2D eigenvalue weighted by atomic mass is 10.1. The molecule has 2 unspecified atom stereocenters. The molecule has 0 aromatic rings. The van der Waals surface area contributed by atoms with Gasteiger partial charge in [0.25, 0.3) is 7.82 Å². The van der Waals surface area contributed by atoms with Crippen LogP contribution in [0.5, 0.6) is 0 Å². The Hall–Kier alpha value is -0.990. The Labute approximate surface area is 219 Å². The van der Waals surface area contributed by atoms with E-state index in [0.717, 1.165) is 51.4 Å². The number of ether oxygens (including phenoxy) is 2. The van der Waals surface area contributed by atoms with Crippen molar-refractivity contribution in [2.45, 2.75) is 110 Å². The molecule has 0 aromatic heterocycles. The Kier molecular flexibility index (Phi) is 20.4. The number of esters is 2. The molecule has 0 rings (SSSR count). The van der Waals surface area contributed by atoms with E-state index in [2.05, 4.69) is 13.8 Å². The predicted octanol–water partition coefficient (Wildman–Crippen LogP) is 5.15. The van der Waals surface area contributed by atoms with E-state index in [-0.39, 0.29) is 26.1 Å². The molecule has 0 fully saturated rings. The van der Waals surface area contributed by atoms with Crippen LogP contribution in [0.4, 0.5) is 0 Å². The van der Waals surface area contributed by atoms with Gasteiger partial charge in [0, 0.05) is 12.8 Å². The first-order chi connectivity index (χ1) is 17.0. The Bertz CT molecular complexity index is 624. The summed E-state index contributed by atoms with van der Waals surface area (Å²) in [5, 5.41) is 0. The Morgan fingerprint density at radius 3 is 1.78 bits per heavy atom. The molecule has 0 radical (unpaired) electrons. The average Bonchev–Trinajstić information content (AvgIpc) is 2.79. The van der Waals surface area contributed by atoms with Crippen molar-refractivity contribution >= 4 is 19.8 Å². The fourth-order valence-electron chi connectivity index (χ4n) is 3.36. The Morgan fingerprint density at radius 2 is 1.25 bits per heavy atom. The maximum Gasteiger partial charge on any atom is 0.306 e. The summed E-state index contributed by atoms with van der Waals surface area (Å²) < 4.78 is 33.2. The van der Waals surface area contributed by atoms with Crippen LogP contribution >= 0.6 is 7.82 Å². The molecule has 36 heavy (non-hydrogen) atoms. The molecule has 9 nitrogen and oxygen atoms in total. The van der Waals surface area contributed by atoms with Crippen LogP contribution in [0.3, 0.4) is 0 Å². The minimum atomic E-state index is -4.58. The highest BCUT2D eigenvalue weighted by Crippen LogP contribution is 2.38. The van der Waals surface area contributed by atoms with E-state index < -0.39 is 32.5 Å². The fraction of sp³-hybridized carbons (Fsp3) is 0.923. The average molecular weight is 538 g/mol. The van der Waals surface area contributed by atoms with Gasteiger partial charge in [-0.3, -0.25) is 14.2 Å². The zero-order valence-corrected chi connectivity index (χ0v) is 24.4. The smallest absolute Gasteiger partial charge is 0.306 e. The molecule has 0 saturated heterocycles. The van der Waals surface area contributed by atoms with Gasteiger partial charge >= 0.3 is 11.9 Å². The topological polar surface area (TPSA) is 111 Å². The summed E-state index contributed by atoms with van der Waals surface area (Å²) in [6.07, 6.45) is 11.9. The van der Waals surface area contributed by atoms with Crippen molar-refractivity contribution in [3.63, 3.8) is 0 Å². The number of carbonyl (C=O) groups excluding carboxylic acids is 2. The third-order valence-corrected chi connectivity index (χ3v) is 6.59. The molecular formula is C26H52NO8P. The van der Waals surface area contributed by atoms with Crippen molar-refractivity contribution in [1.29, 1.82) is 0 Å². The summed E-state index contributed by atoms with van der Waals surface area (Å²) in [4.78, 5) is 36.5. The zero-order valence-electron chi connectivity index (χ0n) is 23.5. The molecule has 214 valence electrons. The summed E-state index contributed by atoms with van der Waals surface area (Å²) in [6.45, 7) is 4.03. The van der Waals surface area contributed by atoms with Crippen molar-refractivity contribution in [2.75, 3.05) is 47.5 Å². The van der Waals surface area contributed by atoms with E-state index in [1.165, 1.54) is 19.3 Å². The van der Waals surface area contributed by atoms with Crippen LogP contribution in [0.1, 0.15) is 104 Å². The molecule has 0 aliphatic rings. The van der Waals surface area contributed by atoms with Crippen LogP contribution in [0.15, 0.2) is 0 Å². The lowest BCUT2D eigenvalue weighted by molar-refractivity contribution is -0.870. The van der Waals surface area contributed by atoms with Crippen LogP contribution in [0.25, 0.3) is 0 Å². The molecule has 0 spiro atoms. The van der Waals surface area contributed by atoms with Crippen molar-refractivity contribution in [3.8, 4) is 0 Å². The van der Waals surface area contributed by atoms with Gasteiger partial charge in [-0.25, -0.2) is 0 Å². The predicted molar refractivity (Wildman–Crippen MR) is 139 cm³/mol. The number of carbonyl (C=O) groups is 2. The van der Waals surface area contributed by atoms with Crippen molar-refractivity contribution in [1.82, 2.24) is 0 Å². The summed E-state index contributed by atoms with van der Waals surface area (Å²) in [5.74, 6) is -0.857. The molecule has 0 aromatic carbocycles. The second-order valence-electron chi connectivity index (χ2n) is 10.4. The van der Waals surface area contributed by atoms with Crippen LogP contribution in [-0.2, 0) is 32.7 Å². The van der Waals surface area contributed by atoms with E-state index in [1.807, 2.05) is 21.1 Å². The first-order valence-electron chi connectivity index (χ1n) is 13.7. The first kappa shape index (κ1) is 35.0. The number of phosphoric acid groups is 1. The zero-order chi connectivity index (χ0) is 27.3. The molecular weight excluding hydrogens is 485 g/mol. The number of likely N-dealkylation sites (N-methyl/N-ethyl adjacent to an activating group) is 1. The van der Waals surface area contributed by atoms with E-state index in [4.69, 9.17) is 18.5 Å². The van der Waals surface area contributed by atoms with Gasteiger partial charge in [-0.2, -0.15) is 0 Å². The lowest BCUT2D eigenvalue weighted by Gasteiger charge is -2.28. The first-order valence-corrected chi connectivity index (χ1v) is 15.2. The van der Waals surface area contributed by atoms with Gasteiger partial charge in [-0.1, -0.05) is 78.1 Å². The molecule has 0 N–H and O–H groups in total. The van der Waals surface area contributed by atoms with Gasteiger partial charge in [0.15, 0.2) is 6.10 Å². The summed E-state index contributed by atoms with van der Waals surface area (Å²) in [5.41, 5.74) is 0. The SMILES string of the molecule is CCCCCCCCC(=O)OCC(COP(=O)([O-])OCC[N+](C)(C)C)OC(=O)CCCCCCCC. The normalized spacial score (nSPS) is 14.3. The second kappa shape index (κ2) is 21.0. The molecule has 0 aliphatic carbocycles. The number of phosphoric ester groups is 1. The van der Waals surface area contributed by atoms with E-state index in [1.54, 1.807) is 0 Å². The van der Waals surface area contributed by atoms with Gasteiger partial charge in [-0.15, -0.1) is 0 Å². The minimum Gasteiger partial charge on any atom is -0.756 e. The standard InChI is InChI=1S/C26H52NO8P/c1-6-8-10-12-14-16-18-25(28)32-22-24(35-26(29)19-17-15-13-11-9-7-2)23-34-36(30,31)33-21-20-27(3,4)5/h24H,6-23H2,1-5H3. The summed E-state index contributed by atoms with van der Waals surface area (Å²) in [6, 6.07) is 0. The number of unbranched alkanes of at least 4 members (excludes halogenated alkanes) is 10. The third-order valence-electron chi connectivity index (χ3n) is 5.63. The molecule has 10 heteroatoms. The number of hydrogen-bond acceptors (Lipinski definition) is 8. The van der Waals surface area contributed by atoms with Crippen LogP contribution in [-0.4, -0.2) is 70.0 Å². The van der Waals surface area contributed by atoms with Gasteiger partial charge in [0.1, 0.15) is 19.8 Å². The van der Waals surface area contributed by atoms with Crippen molar-refractivity contribution < 1.29 is 42.1 Å². The van der Waals surface area contributed by atoms with Gasteiger partial charge in [-0.05, 0) is 12.8 Å². The summed E-state index contributed by atoms with van der Waals surface area (Å²) >= 11 is 0. The molecule has 0 aliphatic heterocycles. The van der Waals surface area contributed by atoms with Gasteiger partial charge < -0.3 is 27.9 Å². The molecule has 0 bridgehead atoms. The largest absolute Gasteiger partial charge is 0.756 e. The van der Waals surface area contributed by atoms with Crippen LogP contribution in [0.2, 0.25) is 0 Å². The lowest BCUT2D eigenvalue weighted by Crippen LogP contribution is -2.37.